The van der Waals surface area contributed by atoms with Crippen LogP contribution in [-0.2, 0) is 11.3 Å². The Morgan fingerprint density at radius 1 is 1.05 bits per heavy atom. The number of ether oxygens (including phenoxy) is 1. The van der Waals surface area contributed by atoms with E-state index in [4.69, 9.17) is 4.74 Å². The number of halogens is 1. The number of hydrogen-bond donors (Lipinski definition) is 1. The average molecular weight is 299 g/mol. The highest BCUT2D eigenvalue weighted by Crippen LogP contribution is 2.26. The van der Waals surface area contributed by atoms with Gasteiger partial charge in [0.1, 0.15) is 5.82 Å². The Balaban J connectivity index is 1.66. The standard InChI is InChI=1S/C19H22FNO/c1-13-3-4-15(9-14(13)2)10-21-19-12-22-11-18(19)16-5-7-17(20)8-6-16/h3-9,18-19,21H,10-12H2,1-2H3/t18-,19+/m0/s1. The summed E-state index contributed by atoms with van der Waals surface area (Å²) < 4.78 is 18.7. The van der Waals surface area contributed by atoms with Crippen molar-refractivity contribution in [2.24, 2.45) is 0 Å². The fourth-order valence-corrected chi connectivity index (χ4v) is 2.96. The van der Waals surface area contributed by atoms with Gasteiger partial charge < -0.3 is 10.1 Å². The van der Waals surface area contributed by atoms with Gasteiger partial charge in [-0.2, -0.15) is 0 Å². The molecule has 2 atom stereocenters. The lowest BCUT2D eigenvalue weighted by Crippen LogP contribution is -2.33. The van der Waals surface area contributed by atoms with Crippen molar-refractivity contribution >= 4 is 0 Å². The molecule has 0 spiro atoms. The molecule has 1 aliphatic rings. The molecule has 0 saturated carbocycles. The van der Waals surface area contributed by atoms with Gasteiger partial charge in [-0.15, -0.1) is 0 Å². The van der Waals surface area contributed by atoms with Crippen LogP contribution in [0, 0.1) is 19.7 Å². The van der Waals surface area contributed by atoms with Crippen molar-refractivity contribution in [1.82, 2.24) is 5.32 Å². The molecular formula is C19H22FNO. The Labute approximate surface area is 131 Å². The minimum absolute atomic E-state index is 0.192. The van der Waals surface area contributed by atoms with Gasteiger partial charge in [0, 0.05) is 18.5 Å². The van der Waals surface area contributed by atoms with Crippen molar-refractivity contribution in [3.63, 3.8) is 0 Å². The molecule has 22 heavy (non-hydrogen) atoms. The zero-order valence-electron chi connectivity index (χ0n) is 13.1. The normalized spacial score (nSPS) is 21.2. The quantitative estimate of drug-likeness (QED) is 0.929. The number of rotatable bonds is 4. The fourth-order valence-electron chi connectivity index (χ4n) is 2.96. The van der Waals surface area contributed by atoms with Gasteiger partial charge >= 0.3 is 0 Å². The number of benzene rings is 2. The molecule has 1 N–H and O–H groups in total. The van der Waals surface area contributed by atoms with Crippen LogP contribution < -0.4 is 5.32 Å². The van der Waals surface area contributed by atoms with Gasteiger partial charge in [-0.1, -0.05) is 30.3 Å². The molecule has 0 unspecified atom stereocenters. The molecule has 3 heteroatoms. The third-order valence-corrected chi connectivity index (χ3v) is 4.52. The third-order valence-electron chi connectivity index (χ3n) is 4.52. The Morgan fingerprint density at radius 3 is 2.55 bits per heavy atom. The minimum atomic E-state index is -0.192. The minimum Gasteiger partial charge on any atom is -0.379 e. The van der Waals surface area contributed by atoms with E-state index in [-0.39, 0.29) is 17.8 Å². The topological polar surface area (TPSA) is 21.3 Å². The summed E-state index contributed by atoms with van der Waals surface area (Å²) in [4.78, 5) is 0. The maximum absolute atomic E-state index is 13.1. The summed E-state index contributed by atoms with van der Waals surface area (Å²) in [5, 5.41) is 3.59. The van der Waals surface area contributed by atoms with E-state index < -0.39 is 0 Å². The van der Waals surface area contributed by atoms with E-state index in [9.17, 15) is 4.39 Å². The Bertz CT molecular complexity index is 638. The van der Waals surface area contributed by atoms with Gasteiger partial charge in [0.05, 0.1) is 13.2 Å². The second-order valence-electron chi connectivity index (χ2n) is 6.10. The van der Waals surface area contributed by atoms with Crippen molar-refractivity contribution in [1.29, 1.82) is 0 Å². The molecule has 0 radical (unpaired) electrons. The van der Waals surface area contributed by atoms with Gasteiger partial charge in [0.25, 0.3) is 0 Å². The van der Waals surface area contributed by atoms with Crippen molar-refractivity contribution in [2.45, 2.75) is 32.4 Å². The van der Waals surface area contributed by atoms with Crippen molar-refractivity contribution < 1.29 is 9.13 Å². The summed E-state index contributed by atoms with van der Waals surface area (Å²) in [6, 6.07) is 13.6. The van der Waals surface area contributed by atoms with E-state index >= 15 is 0 Å². The van der Waals surface area contributed by atoms with E-state index in [1.54, 1.807) is 0 Å². The lowest BCUT2D eigenvalue weighted by molar-refractivity contribution is 0.187. The van der Waals surface area contributed by atoms with Crippen LogP contribution in [-0.4, -0.2) is 19.3 Å². The first kappa shape index (κ1) is 15.2. The second-order valence-corrected chi connectivity index (χ2v) is 6.10. The Hall–Kier alpha value is -1.71. The first-order chi connectivity index (χ1) is 10.6. The van der Waals surface area contributed by atoms with Crippen LogP contribution in [0.4, 0.5) is 4.39 Å². The zero-order chi connectivity index (χ0) is 15.5. The molecule has 1 saturated heterocycles. The number of aryl methyl sites for hydroxylation is 2. The predicted octanol–water partition coefficient (Wildman–Crippen LogP) is 3.71. The van der Waals surface area contributed by atoms with Crippen LogP contribution in [0.2, 0.25) is 0 Å². The van der Waals surface area contributed by atoms with Crippen LogP contribution in [0.15, 0.2) is 42.5 Å². The van der Waals surface area contributed by atoms with Crippen molar-refractivity contribution in [3.8, 4) is 0 Å². The summed E-state index contributed by atoms with van der Waals surface area (Å²) in [7, 11) is 0. The van der Waals surface area contributed by atoms with E-state index in [1.165, 1.54) is 28.8 Å². The third kappa shape index (κ3) is 3.37. The molecule has 116 valence electrons. The molecule has 3 rings (SSSR count). The lowest BCUT2D eigenvalue weighted by atomic mass is 9.94. The maximum Gasteiger partial charge on any atom is 0.123 e. The molecule has 0 amide bonds. The number of nitrogens with one attached hydrogen (secondary N) is 1. The van der Waals surface area contributed by atoms with E-state index in [0.717, 1.165) is 12.1 Å². The lowest BCUT2D eigenvalue weighted by Gasteiger charge is -2.20. The van der Waals surface area contributed by atoms with Gasteiger partial charge in [0.15, 0.2) is 0 Å². The highest BCUT2D eigenvalue weighted by Gasteiger charge is 2.29. The van der Waals surface area contributed by atoms with Crippen LogP contribution in [0.25, 0.3) is 0 Å². The molecule has 0 aliphatic carbocycles. The summed E-state index contributed by atoms with van der Waals surface area (Å²) in [5.41, 5.74) is 5.05. The summed E-state index contributed by atoms with van der Waals surface area (Å²) in [6.45, 7) is 6.48. The van der Waals surface area contributed by atoms with Gasteiger partial charge in [-0.05, 0) is 48.2 Å². The molecule has 2 aromatic carbocycles. The molecule has 0 aromatic heterocycles. The SMILES string of the molecule is Cc1ccc(CN[C@@H]2COC[C@H]2c2ccc(F)cc2)cc1C. The largest absolute Gasteiger partial charge is 0.379 e. The second kappa shape index (κ2) is 6.59. The molecule has 1 heterocycles. The molecule has 1 aliphatic heterocycles. The van der Waals surface area contributed by atoms with Crippen LogP contribution in [0.1, 0.15) is 28.2 Å². The molecule has 2 nitrogen and oxygen atoms in total. The predicted molar refractivity (Wildman–Crippen MR) is 86.5 cm³/mol. The first-order valence-corrected chi connectivity index (χ1v) is 7.76. The molecule has 0 bridgehead atoms. The van der Waals surface area contributed by atoms with Gasteiger partial charge in [-0.3, -0.25) is 0 Å². The highest BCUT2D eigenvalue weighted by molar-refractivity contribution is 5.30. The smallest absolute Gasteiger partial charge is 0.123 e. The zero-order valence-corrected chi connectivity index (χ0v) is 13.1. The maximum atomic E-state index is 13.1. The highest BCUT2D eigenvalue weighted by atomic mass is 19.1. The van der Waals surface area contributed by atoms with Crippen molar-refractivity contribution in [3.05, 3.63) is 70.5 Å². The Kier molecular flexibility index (Phi) is 4.55. The van der Waals surface area contributed by atoms with Crippen LogP contribution in [0.3, 0.4) is 0 Å². The molecular weight excluding hydrogens is 277 g/mol. The Morgan fingerprint density at radius 2 is 1.82 bits per heavy atom. The van der Waals surface area contributed by atoms with Crippen LogP contribution in [0.5, 0.6) is 0 Å². The summed E-state index contributed by atoms with van der Waals surface area (Å²) >= 11 is 0. The summed E-state index contributed by atoms with van der Waals surface area (Å²) in [5.74, 6) is 0.0921. The molecule has 2 aromatic rings. The summed E-state index contributed by atoms with van der Waals surface area (Å²) in [6.07, 6.45) is 0. The van der Waals surface area contributed by atoms with Gasteiger partial charge in [0.2, 0.25) is 0 Å². The first-order valence-electron chi connectivity index (χ1n) is 7.76. The monoisotopic (exact) mass is 299 g/mol. The molecule has 1 fully saturated rings. The van der Waals surface area contributed by atoms with Gasteiger partial charge in [-0.25, -0.2) is 4.39 Å². The number of hydrogen-bond acceptors (Lipinski definition) is 2. The van der Waals surface area contributed by atoms with E-state index in [2.05, 4.69) is 37.4 Å². The van der Waals surface area contributed by atoms with Crippen molar-refractivity contribution in [2.75, 3.05) is 13.2 Å². The van der Waals surface area contributed by atoms with E-state index in [1.807, 2.05) is 12.1 Å². The average Bonchev–Trinajstić information content (AvgIpc) is 2.98. The fraction of sp³-hybridized carbons (Fsp3) is 0.368. The van der Waals surface area contributed by atoms with E-state index in [0.29, 0.717) is 13.2 Å². The van der Waals surface area contributed by atoms with Crippen LogP contribution >= 0.6 is 0 Å².